The predicted octanol–water partition coefficient (Wildman–Crippen LogP) is 1.78. The molecular weight excluding hydrogens is 314 g/mol. The maximum Gasteiger partial charge on any atom is 0.342 e. The first-order valence-electron chi connectivity index (χ1n) is 7.77. The molecule has 0 radical (unpaired) electrons. The highest BCUT2D eigenvalue weighted by atomic mass is 16.5. The third-order valence-electron chi connectivity index (χ3n) is 3.98. The number of carbonyl (C=O) groups excluding carboxylic acids is 2. The van der Waals surface area contributed by atoms with Crippen LogP contribution in [0, 0.1) is 5.92 Å². The van der Waals surface area contributed by atoms with Gasteiger partial charge in [-0.3, -0.25) is 4.79 Å². The highest BCUT2D eigenvalue weighted by Crippen LogP contribution is 2.39. The number of hydrogen-bond acceptors (Lipinski definition) is 6. The lowest BCUT2D eigenvalue weighted by Gasteiger charge is -2.16. The lowest BCUT2D eigenvalue weighted by Crippen LogP contribution is -2.37. The number of nitrogens with one attached hydrogen (secondary N) is 1. The molecule has 0 saturated heterocycles. The first-order chi connectivity index (χ1) is 11.5. The molecule has 132 valence electrons. The van der Waals surface area contributed by atoms with Crippen LogP contribution in [-0.4, -0.2) is 45.9 Å². The van der Waals surface area contributed by atoms with Crippen LogP contribution in [0.5, 0.6) is 17.2 Å². The second-order valence-corrected chi connectivity index (χ2v) is 5.65. The number of ether oxygens (including phenoxy) is 4. The largest absolute Gasteiger partial charge is 0.493 e. The molecule has 7 heteroatoms. The van der Waals surface area contributed by atoms with Crippen molar-refractivity contribution in [3.63, 3.8) is 0 Å². The average molecular weight is 337 g/mol. The van der Waals surface area contributed by atoms with Crippen LogP contribution in [0.25, 0.3) is 0 Å². The van der Waals surface area contributed by atoms with Crippen LogP contribution in [0.2, 0.25) is 0 Å². The first-order valence-corrected chi connectivity index (χ1v) is 7.77. The number of hydrogen-bond donors (Lipinski definition) is 1. The molecule has 24 heavy (non-hydrogen) atoms. The van der Waals surface area contributed by atoms with E-state index >= 15 is 0 Å². The SMILES string of the molecule is COc1ccc(C(=O)OCC(=O)N[C@H](C)C2CC2)c(OC)c1OC. The molecule has 0 aromatic heterocycles. The van der Waals surface area contributed by atoms with Gasteiger partial charge in [0, 0.05) is 6.04 Å². The molecule has 1 aliphatic carbocycles. The van der Waals surface area contributed by atoms with E-state index in [1.54, 1.807) is 6.07 Å². The molecule has 1 fully saturated rings. The molecular formula is C17H23NO6. The van der Waals surface area contributed by atoms with Crippen molar-refractivity contribution >= 4 is 11.9 Å². The normalized spacial score (nSPS) is 14.5. The molecule has 1 amide bonds. The fourth-order valence-corrected chi connectivity index (χ4v) is 2.48. The molecule has 1 aromatic rings. The van der Waals surface area contributed by atoms with Crippen LogP contribution in [0.3, 0.4) is 0 Å². The van der Waals surface area contributed by atoms with Crippen molar-refractivity contribution in [3.8, 4) is 17.2 Å². The molecule has 7 nitrogen and oxygen atoms in total. The van der Waals surface area contributed by atoms with Crippen LogP contribution in [0.4, 0.5) is 0 Å². The minimum atomic E-state index is -0.665. The number of methoxy groups -OCH3 is 3. The van der Waals surface area contributed by atoms with E-state index in [0.29, 0.717) is 17.4 Å². The summed E-state index contributed by atoms with van der Waals surface area (Å²) in [4.78, 5) is 24.1. The molecule has 1 atom stereocenters. The van der Waals surface area contributed by atoms with Gasteiger partial charge in [-0.05, 0) is 37.8 Å². The van der Waals surface area contributed by atoms with Gasteiger partial charge in [0.2, 0.25) is 5.75 Å². The third kappa shape index (κ3) is 4.10. The molecule has 0 bridgehead atoms. The Bertz CT molecular complexity index is 611. The summed E-state index contributed by atoms with van der Waals surface area (Å²) in [6.45, 7) is 1.61. The highest BCUT2D eigenvalue weighted by Gasteiger charge is 2.29. The van der Waals surface area contributed by atoms with Gasteiger partial charge < -0.3 is 24.3 Å². The summed E-state index contributed by atoms with van der Waals surface area (Å²) in [6, 6.07) is 3.19. The number of esters is 1. The highest BCUT2D eigenvalue weighted by molar-refractivity contribution is 5.95. The Labute approximate surface area is 141 Å². The van der Waals surface area contributed by atoms with Gasteiger partial charge in [-0.15, -0.1) is 0 Å². The number of benzene rings is 1. The van der Waals surface area contributed by atoms with Crippen LogP contribution in [-0.2, 0) is 9.53 Å². The molecule has 1 N–H and O–H groups in total. The molecule has 0 spiro atoms. The van der Waals surface area contributed by atoms with E-state index in [1.807, 2.05) is 6.92 Å². The van der Waals surface area contributed by atoms with Gasteiger partial charge >= 0.3 is 5.97 Å². The van der Waals surface area contributed by atoms with Crippen molar-refractivity contribution in [2.45, 2.75) is 25.8 Å². The zero-order chi connectivity index (χ0) is 17.7. The van der Waals surface area contributed by atoms with Gasteiger partial charge in [-0.1, -0.05) is 0 Å². The second kappa shape index (κ2) is 7.90. The van der Waals surface area contributed by atoms with Gasteiger partial charge in [0.1, 0.15) is 5.56 Å². The Balaban J connectivity index is 2.02. The number of amides is 1. The van der Waals surface area contributed by atoms with Gasteiger partial charge in [0.15, 0.2) is 18.1 Å². The molecule has 0 aliphatic heterocycles. The third-order valence-corrected chi connectivity index (χ3v) is 3.98. The van der Waals surface area contributed by atoms with E-state index in [-0.39, 0.29) is 29.9 Å². The minimum Gasteiger partial charge on any atom is -0.493 e. The molecule has 1 saturated carbocycles. The maximum atomic E-state index is 12.3. The summed E-state index contributed by atoms with van der Waals surface area (Å²) < 4.78 is 20.7. The summed E-state index contributed by atoms with van der Waals surface area (Å²) in [5.74, 6) is 0.483. The zero-order valence-electron chi connectivity index (χ0n) is 14.4. The van der Waals surface area contributed by atoms with E-state index in [2.05, 4.69) is 5.32 Å². The summed E-state index contributed by atoms with van der Waals surface area (Å²) in [5.41, 5.74) is 0.165. The Morgan fingerprint density at radius 1 is 1.12 bits per heavy atom. The van der Waals surface area contributed by atoms with Crippen molar-refractivity contribution < 1.29 is 28.5 Å². The van der Waals surface area contributed by atoms with Gasteiger partial charge in [0.05, 0.1) is 21.3 Å². The lowest BCUT2D eigenvalue weighted by atomic mass is 10.1. The summed E-state index contributed by atoms with van der Waals surface area (Å²) in [5, 5.41) is 2.83. The second-order valence-electron chi connectivity index (χ2n) is 5.65. The van der Waals surface area contributed by atoms with Crippen LogP contribution < -0.4 is 19.5 Å². The Morgan fingerprint density at radius 2 is 1.79 bits per heavy atom. The minimum absolute atomic E-state index is 0.104. The van der Waals surface area contributed by atoms with E-state index in [0.717, 1.165) is 12.8 Å². The summed E-state index contributed by atoms with van der Waals surface area (Å²) in [7, 11) is 4.35. The van der Waals surface area contributed by atoms with Crippen LogP contribution in [0.15, 0.2) is 12.1 Å². The van der Waals surface area contributed by atoms with Crippen molar-refractivity contribution in [2.75, 3.05) is 27.9 Å². The van der Waals surface area contributed by atoms with Crippen molar-refractivity contribution in [3.05, 3.63) is 17.7 Å². The standard InChI is InChI=1S/C17H23NO6/c1-10(11-5-6-11)18-14(19)9-24-17(20)12-7-8-13(21-2)16(23-4)15(12)22-3/h7-8,10-11H,5-6,9H2,1-4H3,(H,18,19)/t10-/m1/s1. The zero-order valence-corrected chi connectivity index (χ0v) is 14.4. The van der Waals surface area contributed by atoms with Crippen LogP contribution >= 0.6 is 0 Å². The Hall–Kier alpha value is -2.44. The number of rotatable bonds is 8. The van der Waals surface area contributed by atoms with Crippen molar-refractivity contribution in [2.24, 2.45) is 5.92 Å². The van der Waals surface area contributed by atoms with Gasteiger partial charge in [0.25, 0.3) is 5.91 Å². The molecule has 0 heterocycles. The molecule has 2 rings (SSSR count). The smallest absolute Gasteiger partial charge is 0.342 e. The van der Waals surface area contributed by atoms with Crippen molar-refractivity contribution in [1.82, 2.24) is 5.32 Å². The Kier molecular flexibility index (Phi) is 5.89. The fourth-order valence-electron chi connectivity index (χ4n) is 2.48. The summed E-state index contributed by atoms with van der Waals surface area (Å²) in [6.07, 6.45) is 2.26. The van der Waals surface area contributed by atoms with E-state index in [1.165, 1.54) is 27.4 Å². The molecule has 1 aromatic carbocycles. The maximum absolute atomic E-state index is 12.3. The first kappa shape index (κ1) is 17.9. The Morgan fingerprint density at radius 3 is 2.33 bits per heavy atom. The molecule has 0 unspecified atom stereocenters. The summed E-state index contributed by atoms with van der Waals surface area (Å²) >= 11 is 0. The van der Waals surface area contributed by atoms with E-state index < -0.39 is 5.97 Å². The van der Waals surface area contributed by atoms with Crippen LogP contribution in [0.1, 0.15) is 30.1 Å². The van der Waals surface area contributed by atoms with E-state index in [4.69, 9.17) is 18.9 Å². The predicted molar refractivity (Wildman–Crippen MR) is 86.7 cm³/mol. The average Bonchev–Trinajstić information content (AvgIpc) is 3.43. The fraction of sp³-hybridized carbons (Fsp3) is 0.529. The van der Waals surface area contributed by atoms with E-state index in [9.17, 15) is 9.59 Å². The number of carbonyl (C=O) groups is 2. The monoisotopic (exact) mass is 337 g/mol. The molecule has 1 aliphatic rings. The van der Waals surface area contributed by atoms with Gasteiger partial charge in [-0.25, -0.2) is 4.79 Å². The van der Waals surface area contributed by atoms with Gasteiger partial charge in [-0.2, -0.15) is 0 Å². The topological polar surface area (TPSA) is 83.1 Å². The quantitative estimate of drug-likeness (QED) is 0.728. The lowest BCUT2D eigenvalue weighted by molar-refractivity contribution is -0.125. The van der Waals surface area contributed by atoms with Crippen molar-refractivity contribution in [1.29, 1.82) is 0 Å².